The summed E-state index contributed by atoms with van der Waals surface area (Å²) in [5.41, 5.74) is 1.05. The Balaban J connectivity index is 1.37. The standard InChI is InChI=1S/C19H23N3O2/c1-2-9-21-16(5-1)13-22-10-4-7-19(15-22)11-18(14-23-19)24-17-6-3-8-20-12-17/h1-3,5-6,8-9,12,18H,4,7,10-11,13-15H2/t18-,19-/m1/s1. The lowest BCUT2D eigenvalue weighted by Crippen LogP contribution is -2.47. The molecule has 2 aromatic heterocycles. The zero-order chi connectivity index (χ0) is 16.2. The number of hydrogen-bond donors (Lipinski definition) is 0. The SMILES string of the molecule is c1ccc(CN2CCC[C@@]3(C[C@@H](Oc4cccnc4)CO3)C2)nc1. The van der Waals surface area contributed by atoms with Gasteiger partial charge in [0, 0.05) is 31.9 Å². The summed E-state index contributed by atoms with van der Waals surface area (Å²) < 4.78 is 12.3. The van der Waals surface area contributed by atoms with E-state index in [4.69, 9.17) is 9.47 Å². The summed E-state index contributed by atoms with van der Waals surface area (Å²) in [5, 5.41) is 0. The van der Waals surface area contributed by atoms with Crippen molar-refractivity contribution in [3.63, 3.8) is 0 Å². The van der Waals surface area contributed by atoms with Crippen LogP contribution in [-0.4, -0.2) is 46.3 Å². The molecule has 1 spiro atoms. The average Bonchev–Trinajstić information content (AvgIpc) is 2.98. The molecule has 5 nitrogen and oxygen atoms in total. The van der Waals surface area contributed by atoms with Crippen LogP contribution in [-0.2, 0) is 11.3 Å². The van der Waals surface area contributed by atoms with E-state index in [0.717, 1.165) is 50.3 Å². The molecule has 0 aliphatic carbocycles. The summed E-state index contributed by atoms with van der Waals surface area (Å²) in [7, 11) is 0. The van der Waals surface area contributed by atoms with E-state index in [1.54, 1.807) is 12.4 Å². The van der Waals surface area contributed by atoms with Gasteiger partial charge >= 0.3 is 0 Å². The summed E-state index contributed by atoms with van der Waals surface area (Å²) in [6.45, 7) is 3.61. The van der Waals surface area contributed by atoms with Gasteiger partial charge in [-0.3, -0.25) is 14.9 Å². The molecule has 2 atom stereocenters. The third kappa shape index (κ3) is 3.57. The highest BCUT2D eigenvalue weighted by Gasteiger charge is 2.44. The Labute approximate surface area is 142 Å². The molecule has 0 bridgehead atoms. The molecule has 2 saturated heterocycles. The highest BCUT2D eigenvalue weighted by molar-refractivity contribution is 5.16. The molecule has 126 valence electrons. The quantitative estimate of drug-likeness (QED) is 0.865. The lowest BCUT2D eigenvalue weighted by molar-refractivity contribution is -0.0540. The number of hydrogen-bond acceptors (Lipinski definition) is 5. The molecule has 0 radical (unpaired) electrons. The molecule has 2 fully saturated rings. The normalized spacial score (nSPS) is 27.4. The molecular formula is C19H23N3O2. The molecule has 5 heteroatoms. The fraction of sp³-hybridized carbons (Fsp3) is 0.474. The van der Waals surface area contributed by atoms with Crippen LogP contribution in [0.5, 0.6) is 5.75 Å². The zero-order valence-corrected chi connectivity index (χ0v) is 13.8. The highest BCUT2D eigenvalue weighted by atomic mass is 16.6. The number of likely N-dealkylation sites (tertiary alicyclic amines) is 1. The number of rotatable bonds is 4. The van der Waals surface area contributed by atoms with Crippen LogP contribution in [0.2, 0.25) is 0 Å². The van der Waals surface area contributed by atoms with E-state index < -0.39 is 0 Å². The fourth-order valence-corrected chi connectivity index (χ4v) is 3.82. The summed E-state index contributed by atoms with van der Waals surface area (Å²) in [6, 6.07) is 9.95. The van der Waals surface area contributed by atoms with Gasteiger partial charge in [0.25, 0.3) is 0 Å². The summed E-state index contributed by atoms with van der Waals surface area (Å²) >= 11 is 0. The van der Waals surface area contributed by atoms with E-state index in [0.29, 0.717) is 6.61 Å². The van der Waals surface area contributed by atoms with Crippen molar-refractivity contribution in [1.29, 1.82) is 0 Å². The first-order valence-corrected chi connectivity index (χ1v) is 8.64. The summed E-state index contributed by atoms with van der Waals surface area (Å²) in [6.07, 6.45) is 8.71. The van der Waals surface area contributed by atoms with Gasteiger partial charge < -0.3 is 9.47 Å². The van der Waals surface area contributed by atoms with Crippen LogP contribution in [0.25, 0.3) is 0 Å². The molecule has 4 rings (SSSR count). The Morgan fingerprint density at radius 2 is 2.25 bits per heavy atom. The molecule has 4 heterocycles. The smallest absolute Gasteiger partial charge is 0.138 e. The molecule has 0 aromatic carbocycles. The van der Waals surface area contributed by atoms with E-state index in [1.165, 1.54) is 0 Å². The van der Waals surface area contributed by atoms with Crippen molar-refractivity contribution in [2.75, 3.05) is 19.7 Å². The maximum Gasteiger partial charge on any atom is 0.138 e. The van der Waals surface area contributed by atoms with Gasteiger partial charge in [-0.15, -0.1) is 0 Å². The van der Waals surface area contributed by atoms with Gasteiger partial charge in [0.1, 0.15) is 11.9 Å². The molecule has 0 amide bonds. The Hall–Kier alpha value is -1.98. The van der Waals surface area contributed by atoms with Gasteiger partial charge in [0.15, 0.2) is 0 Å². The van der Waals surface area contributed by atoms with E-state index in [-0.39, 0.29) is 11.7 Å². The maximum absolute atomic E-state index is 6.23. The Bertz CT molecular complexity index is 652. The van der Waals surface area contributed by atoms with E-state index in [2.05, 4.69) is 20.9 Å². The number of pyridine rings is 2. The van der Waals surface area contributed by atoms with Crippen LogP contribution in [0.4, 0.5) is 0 Å². The van der Waals surface area contributed by atoms with Gasteiger partial charge in [-0.2, -0.15) is 0 Å². The fourth-order valence-electron chi connectivity index (χ4n) is 3.82. The lowest BCUT2D eigenvalue weighted by Gasteiger charge is -2.39. The van der Waals surface area contributed by atoms with Crippen molar-refractivity contribution in [1.82, 2.24) is 14.9 Å². The van der Waals surface area contributed by atoms with Crippen molar-refractivity contribution < 1.29 is 9.47 Å². The topological polar surface area (TPSA) is 47.5 Å². The minimum Gasteiger partial charge on any atom is -0.486 e. The van der Waals surface area contributed by atoms with Crippen LogP contribution in [0.1, 0.15) is 25.0 Å². The lowest BCUT2D eigenvalue weighted by atomic mass is 9.89. The van der Waals surface area contributed by atoms with Gasteiger partial charge in [0.2, 0.25) is 0 Å². The van der Waals surface area contributed by atoms with Crippen LogP contribution in [0.3, 0.4) is 0 Å². The molecule has 24 heavy (non-hydrogen) atoms. The van der Waals surface area contributed by atoms with Crippen molar-refractivity contribution in [3.8, 4) is 5.75 Å². The van der Waals surface area contributed by atoms with E-state index in [9.17, 15) is 0 Å². The first-order valence-electron chi connectivity index (χ1n) is 8.64. The third-order valence-corrected chi connectivity index (χ3v) is 4.84. The number of ether oxygens (including phenoxy) is 2. The highest BCUT2D eigenvalue weighted by Crippen LogP contribution is 2.36. The second-order valence-corrected chi connectivity index (χ2v) is 6.76. The number of aromatic nitrogens is 2. The maximum atomic E-state index is 6.23. The second kappa shape index (κ2) is 6.87. The molecule has 2 aliphatic rings. The molecule has 0 N–H and O–H groups in total. The monoisotopic (exact) mass is 325 g/mol. The van der Waals surface area contributed by atoms with Gasteiger partial charge in [-0.05, 0) is 43.7 Å². The third-order valence-electron chi connectivity index (χ3n) is 4.84. The average molecular weight is 325 g/mol. The van der Waals surface area contributed by atoms with Gasteiger partial charge in [0.05, 0.1) is 24.1 Å². The second-order valence-electron chi connectivity index (χ2n) is 6.76. The first-order chi connectivity index (χ1) is 11.8. The van der Waals surface area contributed by atoms with Crippen molar-refractivity contribution in [2.45, 2.75) is 37.5 Å². The van der Waals surface area contributed by atoms with Crippen molar-refractivity contribution >= 4 is 0 Å². The number of nitrogens with zero attached hydrogens (tertiary/aromatic N) is 3. The van der Waals surface area contributed by atoms with Crippen LogP contribution < -0.4 is 4.74 Å². The molecular weight excluding hydrogens is 302 g/mol. The molecule has 0 saturated carbocycles. The first kappa shape index (κ1) is 15.5. The largest absolute Gasteiger partial charge is 0.486 e. The van der Waals surface area contributed by atoms with Crippen molar-refractivity contribution in [2.24, 2.45) is 0 Å². The Morgan fingerprint density at radius 1 is 1.25 bits per heavy atom. The minimum absolute atomic E-state index is 0.0695. The van der Waals surface area contributed by atoms with E-state index >= 15 is 0 Å². The predicted molar refractivity (Wildman–Crippen MR) is 90.7 cm³/mol. The van der Waals surface area contributed by atoms with Crippen LogP contribution in [0.15, 0.2) is 48.9 Å². The van der Waals surface area contributed by atoms with Crippen LogP contribution in [0, 0.1) is 0 Å². The predicted octanol–water partition coefficient (Wildman–Crippen LogP) is 2.68. The van der Waals surface area contributed by atoms with Crippen LogP contribution >= 0.6 is 0 Å². The summed E-state index contributed by atoms with van der Waals surface area (Å²) in [4.78, 5) is 11.0. The Kier molecular flexibility index (Phi) is 4.45. The van der Waals surface area contributed by atoms with Gasteiger partial charge in [-0.1, -0.05) is 6.07 Å². The number of piperidine rings is 1. The van der Waals surface area contributed by atoms with Gasteiger partial charge in [-0.25, -0.2) is 0 Å². The molecule has 0 unspecified atom stereocenters. The minimum atomic E-state index is -0.0695. The Morgan fingerprint density at radius 3 is 3.08 bits per heavy atom. The molecule has 2 aliphatic heterocycles. The summed E-state index contributed by atoms with van der Waals surface area (Å²) in [5.74, 6) is 0.823. The van der Waals surface area contributed by atoms with E-state index in [1.807, 2.05) is 30.5 Å². The molecule has 2 aromatic rings. The zero-order valence-electron chi connectivity index (χ0n) is 13.8. The van der Waals surface area contributed by atoms with Crippen molar-refractivity contribution in [3.05, 3.63) is 54.6 Å².